The molecule has 1 aromatic heterocycles. The molecule has 2 saturated carbocycles. The molecule has 0 radical (unpaired) electrons. The smallest absolute Gasteiger partial charge is 0.275 e. The lowest BCUT2D eigenvalue weighted by molar-refractivity contribution is -0.440. The van der Waals surface area contributed by atoms with E-state index in [2.05, 4.69) is 9.82 Å². The molecule has 5 rings (SSSR count). The molecule has 4 aliphatic rings. The maximum absolute atomic E-state index is 13.3. The van der Waals surface area contributed by atoms with E-state index >= 15 is 0 Å². The van der Waals surface area contributed by atoms with Crippen molar-refractivity contribution in [1.29, 1.82) is 0 Å². The molecule has 0 spiro atoms. The van der Waals surface area contributed by atoms with Gasteiger partial charge in [0.25, 0.3) is 6.43 Å². The maximum Gasteiger partial charge on any atom is 0.501 e. The zero-order valence-electron chi connectivity index (χ0n) is 17.9. The largest absolute Gasteiger partial charge is 0.501 e. The molecule has 1 aliphatic heterocycles. The number of imide groups is 1. The second kappa shape index (κ2) is 7.66. The molecule has 3 amide bonds. The van der Waals surface area contributed by atoms with Crippen molar-refractivity contribution in [3.63, 3.8) is 0 Å². The number of aromatic nitrogens is 2. The summed E-state index contributed by atoms with van der Waals surface area (Å²) in [6, 6.07) is -0.471. The van der Waals surface area contributed by atoms with Crippen LogP contribution >= 0.6 is 0 Å². The van der Waals surface area contributed by atoms with E-state index in [0.717, 1.165) is 17.7 Å². The maximum atomic E-state index is 13.3. The molecule has 0 saturated heterocycles. The number of aryl methyl sites for hydroxylation is 1. The lowest BCUT2D eigenvalue weighted by Crippen LogP contribution is -2.52. The van der Waals surface area contributed by atoms with Crippen molar-refractivity contribution in [2.45, 2.75) is 49.4 Å². The molecule has 0 bridgehead atoms. The van der Waals surface area contributed by atoms with E-state index in [1.807, 2.05) is 0 Å². The zero-order chi connectivity index (χ0) is 23.5. The van der Waals surface area contributed by atoms with Gasteiger partial charge in [-0.1, -0.05) is 6.08 Å². The molecule has 2 fully saturated rings. The van der Waals surface area contributed by atoms with E-state index < -0.39 is 39.2 Å². The monoisotopic (exact) mass is 480 g/mol. The number of carbonyl (C=O) groups is 2. The van der Waals surface area contributed by atoms with Gasteiger partial charge in [0.05, 0.1) is 18.3 Å². The first-order chi connectivity index (χ1) is 15.6. The van der Waals surface area contributed by atoms with Crippen LogP contribution in [0.3, 0.4) is 0 Å². The highest BCUT2D eigenvalue weighted by molar-refractivity contribution is 7.90. The summed E-state index contributed by atoms with van der Waals surface area (Å²) < 4.78 is 57.6. The van der Waals surface area contributed by atoms with Gasteiger partial charge in [-0.25, -0.2) is 26.7 Å². The number of hydrogen-bond acceptors (Lipinski definition) is 5. The number of nitrogens with one attached hydrogen (secondary N) is 1. The number of carbonyl (C=O) groups excluding carboxylic acids is 2. The van der Waals surface area contributed by atoms with Gasteiger partial charge < -0.3 is 0 Å². The van der Waals surface area contributed by atoms with Crippen molar-refractivity contribution in [3.05, 3.63) is 41.8 Å². The van der Waals surface area contributed by atoms with Gasteiger partial charge in [0.2, 0.25) is 10.0 Å². The van der Waals surface area contributed by atoms with Gasteiger partial charge in [-0.15, -0.1) is 0 Å². The predicted octanol–water partition coefficient (Wildman–Crippen LogP) is 1.33. The molecule has 9 nitrogen and oxygen atoms in total. The van der Waals surface area contributed by atoms with Crippen LogP contribution in [0.2, 0.25) is 0 Å². The van der Waals surface area contributed by atoms with Gasteiger partial charge in [0.15, 0.2) is 0 Å². The van der Waals surface area contributed by atoms with Gasteiger partial charge in [-0.05, 0) is 43.8 Å². The third-order valence-corrected chi connectivity index (χ3v) is 8.13. The van der Waals surface area contributed by atoms with Crippen LogP contribution in [-0.2, 0) is 28.4 Å². The first-order valence-electron chi connectivity index (χ1n) is 10.8. The Hall–Kier alpha value is -2.73. The van der Waals surface area contributed by atoms with Crippen LogP contribution in [-0.4, -0.2) is 69.1 Å². The van der Waals surface area contributed by atoms with E-state index in [1.54, 1.807) is 24.1 Å². The van der Waals surface area contributed by atoms with E-state index in [-0.39, 0.29) is 25.0 Å². The Labute approximate surface area is 189 Å². The molecule has 12 heteroatoms. The summed E-state index contributed by atoms with van der Waals surface area (Å²) in [6.07, 6.45) is 6.55. The zero-order valence-corrected chi connectivity index (χ0v) is 18.8. The molecular weight excluding hydrogens is 456 g/mol. The number of sulfonamides is 1. The topological polar surface area (TPSA) is 104 Å². The van der Waals surface area contributed by atoms with Crippen molar-refractivity contribution < 1.29 is 31.4 Å². The van der Waals surface area contributed by atoms with Crippen LogP contribution in [0.5, 0.6) is 0 Å². The first kappa shape index (κ1) is 22.1. The molecule has 2 heterocycles. The number of hydrogen-bond donors (Lipinski definition) is 1. The van der Waals surface area contributed by atoms with E-state index in [4.69, 9.17) is 0 Å². The van der Waals surface area contributed by atoms with Crippen molar-refractivity contribution in [1.82, 2.24) is 19.4 Å². The summed E-state index contributed by atoms with van der Waals surface area (Å²) in [7, 11) is -2.49. The SMILES string of the molecule is Cn1cc(CN2C(=O)C3=CC(S(=O)(=O)NC4(C(F)F)CC4)C=CC3=[N+](CC3CC3)C2=O)cn1. The highest BCUT2D eigenvalue weighted by Crippen LogP contribution is 2.42. The standard InChI is InChI=1S/C21H24F2N5O4S/c1-26-10-14(9-24-26)12-28-18(29)16-8-15(33(31,32)25-21(6-7-21)19(22)23)4-5-17(16)27(20(28)30)11-13-2-3-13/h4-5,8-10,13,15,19,25H,2-3,6-7,11-12H2,1H3/q+1. The fourth-order valence-electron chi connectivity index (χ4n) is 4.13. The number of amides is 3. The highest BCUT2D eigenvalue weighted by Gasteiger charge is 2.55. The third kappa shape index (κ3) is 4.05. The summed E-state index contributed by atoms with van der Waals surface area (Å²) in [5.74, 6) is -0.293. The average Bonchev–Trinajstić information content (AvgIpc) is 3.68. The van der Waals surface area contributed by atoms with Crippen LogP contribution in [0.1, 0.15) is 31.2 Å². The molecule has 1 aromatic rings. The van der Waals surface area contributed by atoms with Gasteiger partial charge in [-0.3, -0.25) is 4.68 Å². The van der Waals surface area contributed by atoms with Crippen LogP contribution in [0.25, 0.3) is 0 Å². The van der Waals surface area contributed by atoms with Crippen LogP contribution in [0.15, 0.2) is 36.2 Å². The molecule has 1 atom stereocenters. The minimum Gasteiger partial charge on any atom is -0.275 e. The quantitative estimate of drug-likeness (QED) is 0.566. The second-order valence-corrected chi connectivity index (χ2v) is 11.0. The van der Waals surface area contributed by atoms with Gasteiger partial charge in [0.1, 0.15) is 23.1 Å². The molecular formula is C21H24F2N5O4S+. The highest BCUT2D eigenvalue weighted by atomic mass is 32.2. The van der Waals surface area contributed by atoms with E-state index in [1.165, 1.54) is 22.8 Å². The summed E-state index contributed by atoms with van der Waals surface area (Å²) in [5.41, 5.74) is -0.648. The molecule has 1 unspecified atom stereocenters. The Morgan fingerprint density at radius 2 is 2.03 bits per heavy atom. The number of nitrogens with zero attached hydrogens (tertiary/aromatic N) is 4. The fraction of sp³-hybridized carbons (Fsp3) is 0.524. The normalized spacial score (nSPS) is 24.4. The molecule has 3 aliphatic carbocycles. The number of halogens is 2. The predicted molar refractivity (Wildman–Crippen MR) is 113 cm³/mol. The number of allylic oxidation sites excluding steroid dienone is 1. The molecule has 0 aromatic carbocycles. The van der Waals surface area contributed by atoms with E-state index in [9.17, 15) is 26.8 Å². The minimum absolute atomic E-state index is 0.00876. The molecule has 176 valence electrons. The first-order valence-corrected chi connectivity index (χ1v) is 12.3. The van der Waals surface area contributed by atoms with Crippen LogP contribution in [0, 0.1) is 5.92 Å². The Morgan fingerprint density at radius 3 is 2.61 bits per heavy atom. The van der Waals surface area contributed by atoms with Crippen molar-refractivity contribution in [2.24, 2.45) is 13.0 Å². The average molecular weight is 481 g/mol. The fourth-order valence-corrected chi connectivity index (χ4v) is 5.73. The summed E-state index contributed by atoms with van der Waals surface area (Å²) in [6.45, 7) is 0.419. The van der Waals surface area contributed by atoms with Gasteiger partial charge >= 0.3 is 11.9 Å². The molecule has 33 heavy (non-hydrogen) atoms. The van der Waals surface area contributed by atoms with Crippen LogP contribution < -0.4 is 4.72 Å². The molecule has 1 N–H and O–H groups in total. The van der Waals surface area contributed by atoms with Crippen molar-refractivity contribution in [3.8, 4) is 0 Å². The number of urea groups is 1. The Bertz CT molecular complexity index is 1220. The van der Waals surface area contributed by atoms with Gasteiger partial charge in [0, 0.05) is 18.8 Å². The lowest BCUT2D eigenvalue weighted by atomic mass is 9.99. The minimum atomic E-state index is -4.21. The number of rotatable bonds is 8. The van der Waals surface area contributed by atoms with Gasteiger partial charge in [-0.2, -0.15) is 19.4 Å². The lowest BCUT2D eigenvalue weighted by Gasteiger charge is -2.26. The van der Waals surface area contributed by atoms with E-state index in [0.29, 0.717) is 23.7 Å². The summed E-state index contributed by atoms with van der Waals surface area (Å²) in [5, 5.41) is 2.77. The Morgan fingerprint density at radius 1 is 1.30 bits per heavy atom. The number of fused-ring (bicyclic) bond motifs is 1. The number of alkyl halides is 2. The summed E-state index contributed by atoms with van der Waals surface area (Å²) >= 11 is 0. The second-order valence-electron chi connectivity index (χ2n) is 9.14. The summed E-state index contributed by atoms with van der Waals surface area (Å²) in [4.78, 5) is 27.6. The third-order valence-electron chi connectivity index (χ3n) is 6.43. The Kier molecular flexibility index (Phi) is 5.12. The van der Waals surface area contributed by atoms with Crippen molar-refractivity contribution >= 4 is 27.7 Å². The van der Waals surface area contributed by atoms with Crippen LogP contribution in [0.4, 0.5) is 13.6 Å². The van der Waals surface area contributed by atoms with Crippen molar-refractivity contribution in [2.75, 3.05) is 6.54 Å². The Balaban J connectivity index is 1.49.